The van der Waals surface area contributed by atoms with E-state index in [0.717, 1.165) is 24.2 Å². The average molecular weight is 248 g/mol. The first kappa shape index (κ1) is 12.1. The van der Waals surface area contributed by atoms with Crippen molar-refractivity contribution in [1.82, 2.24) is 10.3 Å². The monoisotopic (exact) mass is 248 g/mol. The molecule has 1 aromatic heterocycles. The molecule has 2 saturated heterocycles. The third kappa shape index (κ3) is 2.55. The first-order valence-corrected chi connectivity index (χ1v) is 6.62. The maximum Gasteiger partial charge on any atom is 0.0734 e. The fraction of sp³-hybridized carbons (Fsp3) is 0.643. The number of nitrogens with zero attached hydrogens (tertiary/aromatic N) is 1. The molecule has 2 atom stereocenters. The molecule has 0 saturated carbocycles. The van der Waals surface area contributed by atoms with Gasteiger partial charge in [0, 0.05) is 29.9 Å². The van der Waals surface area contributed by atoms with Gasteiger partial charge in [-0.15, -0.1) is 0 Å². The number of aromatic nitrogens is 1. The van der Waals surface area contributed by atoms with E-state index in [1.807, 2.05) is 25.1 Å². The quantitative estimate of drug-likeness (QED) is 0.813. The molecule has 0 aliphatic carbocycles. The van der Waals surface area contributed by atoms with Gasteiger partial charge < -0.3 is 15.2 Å². The van der Waals surface area contributed by atoms with Gasteiger partial charge in [-0.1, -0.05) is 6.07 Å². The Bertz CT molecular complexity index is 424. The summed E-state index contributed by atoms with van der Waals surface area (Å²) in [4.78, 5) is 4.49. The van der Waals surface area contributed by atoms with Crippen LogP contribution in [0.1, 0.15) is 24.2 Å². The van der Waals surface area contributed by atoms with E-state index < -0.39 is 5.60 Å². The minimum atomic E-state index is -0.634. The number of nitrogens with one attached hydrogen (secondary N) is 1. The van der Waals surface area contributed by atoms with Gasteiger partial charge in [-0.3, -0.25) is 4.98 Å². The Morgan fingerprint density at radius 1 is 1.39 bits per heavy atom. The van der Waals surface area contributed by atoms with Crippen LogP contribution in [-0.4, -0.2) is 41.0 Å². The highest BCUT2D eigenvalue weighted by molar-refractivity contribution is 5.13. The molecule has 2 aliphatic rings. The van der Waals surface area contributed by atoms with E-state index >= 15 is 0 Å². The van der Waals surface area contributed by atoms with Crippen LogP contribution < -0.4 is 5.32 Å². The highest BCUT2D eigenvalue weighted by Crippen LogP contribution is 2.30. The van der Waals surface area contributed by atoms with Crippen molar-refractivity contribution in [2.75, 3.05) is 13.2 Å². The molecular weight excluding hydrogens is 228 g/mol. The second kappa shape index (κ2) is 4.61. The van der Waals surface area contributed by atoms with Crippen molar-refractivity contribution in [3.63, 3.8) is 0 Å². The number of aliphatic hydroxyl groups is 1. The normalized spacial score (nSPS) is 35.4. The number of hydrogen-bond donors (Lipinski definition) is 2. The molecule has 2 bridgehead atoms. The zero-order chi connectivity index (χ0) is 12.6. The van der Waals surface area contributed by atoms with Crippen LogP contribution in [-0.2, 0) is 11.2 Å². The molecule has 98 valence electrons. The summed E-state index contributed by atoms with van der Waals surface area (Å²) in [5.74, 6) is 0. The number of morpholine rings is 1. The number of aryl methyl sites for hydroxylation is 1. The Hall–Kier alpha value is -0.970. The van der Waals surface area contributed by atoms with Crippen LogP contribution in [0.5, 0.6) is 0 Å². The molecule has 3 heterocycles. The molecule has 0 radical (unpaired) electrons. The lowest BCUT2D eigenvalue weighted by Gasteiger charge is -2.44. The summed E-state index contributed by atoms with van der Waals surface area (Å²) in [6.45, 7) is 3.40. The van der Waals surface area contributed by atoms with Crippen LogP contribution in [0.3, 0.4) is 0 Å². The summed E-state index contributed by atoms with van der Waals surface area (Å²) < 4.78 is 5.51. The van der Waals surface area contributed by atoms with E-state index in [2.05, 4.69) is 10.3 Å². The van der Waals surface area contributed by atoms with Gasteiger partial charge in [0.15, 0.2) is 0 Å². The first-order chi connectivity index (χ1) is 8.63. The largest absolute Gasteiger partial charge is 0.389 e. The minimum Gasteiger partial charge on any atom is -0.389 e. The molecule has 0 spiro atoms. The van der Waals surface area contributed by atoms with Crippen LogP contribution in [0.15, 0.2) is 18.2 Å². The predicted octanol–water partition coefficient (Wildman–Crippen LogP) is 0.814. The lowest BCUT2D eigenvalue weighted by Crippen LogP contribution is -2.60. The Morgan fingerprint density at radius 3 is 2.78 bits per heavy atom. The zero-order valence-electron chi connectivity index (χ0n) is 10.7. The standard InChI is InChI=1S/C14H20N2O2/c1-10-3-2-4-11(15-10)5-14(17)6-12-8-18-9-13(7-14)16-12/h2-4,12-13,16-17H,5-9H2,1H3. The van der Waals surface area contributed by atoms with Crippen molar-refractivity contribution >= 4 is 0 Å². The van der Waals surface area contributed by atoms with Crippen molar-refractivity contribution < 1.29 is 9.84 Å². The van der Waals surface area contributed by atoms with Crippen molar-refractivity contribution in [3.05, 3.63) is 29.6 Å². The van der Waals surface area contributed by atoms with E-state index in [-0.39, 0.29) is 12.1 Å². The summed E-state index contributed by atoms with van der Waals surface area (Å²) in [6, 6.07) is 6.56. The fourth-order valence-electron chi connectivity index (χ4n) is 3.20. The predicted molar refractivity (Wildman–Crippen MR) is 68.4 cm³/mol. The topological polar surface area (TPSA) is 54.4 Å². The summed E-state index contributed by atoms with van der Waals surface area (Å²) in [5.41, 5.74) is 1.36. The SMILES string of the molecule is Cc1cccc(CC2(O)CC3COCC(C2)N3)n1. The van der Waals surface area contributed by atoms with E-state index in [9.17, 15) is 5.11 Å². The molecule has 2 fully saturated rings. The summed E-state index contributed by atoms with van der Waals surface area (Å²) in [7, 11) is 0. The van der Waals surface area contributed by atoms with Gasteiger partial charge >= 0.3 is 0 Å². The van der Waals surface area contributed by atoms with Crippen molar-refractivity contribution in [3.8, 4) is 0 Å². The lowest BCUT2D eigenvalue weighted by atomic mass is 9.80. The van der Waals surface area contributed by atoms with E-state index in [0.29, 0.717) is 19.6 Å². The van der Waals surface area contributed by atoms with Crippen molar-refractivity contribution in [2.45, 2.75) is 43.9 Å². The number of ether oxygens (including phenoxy) is 1. The molecule has 4 heteroatoms. The summed E-state index contributed by atoms with van der Waals surface area (Å²) in [5, 5.41) is 14.3. The summed E-state index contributed by atoms with van der Waals surface area (Å²) >= 11 is 0. The van der Waals surface area contributed by atoms with E-state index in [1.54, 1.807) is 0 Å². The van der Waals surface area contributed by atoms with Crippen LogP contribution >= 0.6 is 0 Å². The molecule has 3 rings (SSSR count). The first-order valence-electron chi connectivity index (χ1n) is 6.62. The Labute approximate surface area is 107 Å². The van der Waals surface area contributed by atoms with Crippen molar-refractivity contribution in [2.24, 2.45) is 0 Å². The van der Waals surface area contributed by atoms with Gasteiger partial charge in [0.2, 0.25) is 0 Å². The smallest absolute Gasteiger partial charge is 0.0734 e. The molecule has 2 unspecified atom stereocenters. The minimum absolute atomic E-state index is 0.285. The lowest BCUT2D eigenvalue weighted by molar-refractivity contribution is -0.0759. The third-order valence-corrected chi connectivity index (χ3v) is 3.82. The Balaban J connectivity index is 1.74. The van der Waals surface area contributed by atoms with Gasteiger partial charge in [0.1, 0.15) is 0 Å². The highest BCUT2D eigenvalue weighted by Gasteiger charge is 2.41. The Morgan fingerprint density at radius 2 is 2.11 bits per heavy atom. The van der Waals surface area contributed by atoms with Gasteiger partial charge in [0.05, 0.1) is 18.8 Å². The van der Waals surface area contributed by atoms with Crippen LogP contribution in [0.25, 0.3) is 0 Å². The molecule has 1 aromatic rings. The van der Waals surface area contributed by atoms with Gasteiger partial charge in [0.25, 0.3) is 0 Å². The number of rotatable bonds is 2. The highest BCUT2D eigenvalue weighted by atomic mass is 16.5. The molecule has 2 aliphatic heterocycles. The van der Waals surface area contributed by atoms with Gasteiger partial charge in [-0.05, 0) is 31.9 Å². The van der Waals surface area contributed by atoms with Gasteiger partial charge in [-0.2, -0.15) is 0 Å². The fourth-order valence-corrected chi connectivity index (χ4v) is 3.20. The van der Waals surface area contributed by atoms with Crippen LogP contribution in [0, 0.1) is 6.92 Å². The summed E-state index contributed by atoms with van der Waals surface area (Å²) in [6.07, 6.45) is 2.14. The number of fused-ring (bicyclic) bond motifs is 2. The second-order valence-electron chi connectivity index (χ2n) is 5.68. The average Bonchev–Trinajstić information content (AvgIpc) is 2.27. The van der Waals surface area contributed by atoms with Gasteiger partial charge in [-0.25, -0.2) is 0 Å². The zero-order valence-corrected chi connectivity index (χ0v) is 10.7. The van der Waals surface area contributed by atoms with Crippen molar-refractivity contribution in [1.29, 1.82) is 0 Å². The van der Waals surface area contributed by atoms with E-state index in [1.165, 1.54) is 0 Å². The molecular formula is C14H20N2O2. The maximum atomic E-state index is 10.8. The van der Waals surface area contributed by atoms with E-state index in [4.69, 9.17) is 4.74 Å². The number of pyridine rings is 1. The molecule has 0 amide bonds. The molecule has 2 N–H and O–H groups in total. The molecule has 4 nitrogen and oxygen atoms in total. The maximum absolute atomic E-state index is 10.8. The Kier molecular flexibility index (Phi) is 3.09. The second-order valence-corrected chi connectivity index (χ2v) is 5.68. The van der Waals surface area contributed by atoms with Crippen LogP contribution in [0.2, 0.25) is 0 Å². The molecule has 0 aromatic carbocycles. The third-order valence-electron chi connectivity index (χ3n) is 3.82. The molecule has 18 heavy (non-hydrogen) atoms. The number of piperidine rings is 1. The van der Waals surface area contributed by atoms with Crippen LogP contribution in [0.4, 0.5) is 0 Å². The number of hydrogen-bond acceptors (Lipinski definition) is 4.